The molecule has 0 saturated heterocycles. The van der Waals surface area contributed by atoms with Gasteiger partial charge in [0.2, 0.25) is 0 Å². The van der Waals surface area contributed by atoms with Gasteiger partial charge in [0, 0.05) is 18.0 Å². The van der Waals surface area contributed by atoms with E-state index in [1.54, 1.807) is 0 Å². The Balaban J connectivity index is 1.33. The lowest BCUT2D eigenvalue weighted by molar-refractivity contribution is 0.144. The number of nitrogens with one attached hydrogen (secondary N) is 1. The molecule has 3 N–H and O–H groups in total. The number of alkyl carbamates (subject to hydrolysis) is 1. The zero-order valence-corrected chi connectivity index (χ0v) is 16.0. The molecule has 0 aliphatic heterocycles. The van der Waals surface area contributed by atoms with E-state index < -0.39 is 6.09 Å². The van der Waals surface area contributed by atoms with Gasteiger partial charge in [0.05, 0.1) is 6.54 Å². The minimum atomic E-state index is -0.459. The molecule has 0 aromatic heterocycles. The zero-order chi connectivity index (χ0) is 20.1. The van der Waals surface area contributed by atoms with E-state index in [4.69, 9.17) is 10.5 Å². The van der Waals surface area contributed by atoms with Crippen LogP contribution in [0.5, 0.6) is 0 Å². The first kappa shape index (κ1) is 18.8. The molecule has 4 rings (SSSR count). The normalized spacial score (nSPS) is 11.8. The van der Waals surface area contributed by atoms with E-state index in [0.29, 0.717) is 13.2 Å². The molecular formula is C25H22N2O2. The van der Waals surface area contributed by atoms with Gasteiger partial charge in [-0.05, 0) is 39.9 Å². The summed E-state index contributed by atoms with van der Waals surface area (Å²) in [4.78, 5) is 12.1. The standard InChI is InChI=1S/C25H22N2O2/c26-16-19-13-11-18(12-14-19)6-5-15-27-25(28)29-17-24-22-9-3-1-7-20(22)21-8-2-4-10-23(21)24/h1-4,7-14,24H,15-17,26H2,(H,27,28). The molecule has 0 heterocycles. The second kappa shape index (κ2) is 8.64. The summed E-state index contributed by atoms with van der Waals surface area (Å²) in [6, 6.07) is 24.3. The fraction of sp³-hybridized carbons (Fsp3) is 0.160. The Labute approximate surface area is 170 Å². The molecule has 0 spiro atoms. The summed E-state index contributed by atoms with van der Waals surface area (Å²) in [5.41, 5.74) is 12.3. The minimum absolute atomic E-state index is 0.0558. The molecule has 1 amide bonds. The van der Waals surface area contributed by atoms with Gasteiger partial charge >= 0.3 is 6.09 Å². The molecule has 0 fully saturated rings. The average Bonchev–Trinajstić information content (AvgIpc) is 3.09. The number of carbonyl (C=O) groups is 1. The molecule has 3 aromatic carbocycles. The molecule has 4 nitrogen and oxygen atoms in total. The molecule has 3 aromatic rings. The summed E-state index contributed by atoms with van der Waals surface area (Å²) < 4.78 is 5.49. The Bertz CT molecular complexity index is 1030. The highest BCUT2D eigenvalue weighted by molar-refractivity contribution is 5.79. The number of ether oxygens (including phenoxy) is 1. The highest BCUT2D eigenvalue weighted by Crippen LogP contribution is 2.44. The van der Waals surface area contributed by atoms with Crippen molar-refractivity contribution in [3.8, 4) is 23.0 Å². The van der Waals surface area contributed by atoms with Crippen molar-refractivity contribution in [1.29, 1.82) is 0 Å². The third-order valence-electron chi connectivity index (χ3n) is 5.09. The van der Waals surface area contributed by atoms with Crippen LogP contribution in [0.3, 0.4) is 0 Å². The van der Waals surface area contributed by atoms with Gasteiger partial charge in [-0.1, -0.05) is 72.5 Å². The maximum absolute atomic E-state index is 12.1. The Kier molecular flexibility index (Phi) is 5.60. The first-order valence-electron chi connectivity index (χ1n) is 9.63. The maximum Gasteiger partial charge on any atom is 0.407 e. The molecule has 0 bridgehead atoms. The fourth-order valence-corrected chi connectivity index (χ4v) is 3.64. The first-order chi connectivity index (χ1) is 14.3. The summed E-state index contributed by atoms with van der Waals surface area (Å²) in [7, 11) is 0. The van der Waals surface area contributed by atoms with E-state index in [-0.39, 0.29) is 12.5 Å². The van der Waals surface area contributed by atoms with Gasteiger partial charge in [-0.3, -0.25) is 0 Å². The van der Waals surface area contributed by atoms with Gasteiger partial charge in [0.1, 0.15) is 6.61 Å². The Hall–Kier alpha value is -3.55. The molecule has 29 heavy (non-hydrogen) atoms. The van der Waals surface area contributed by atoms with Gasteiger partial charge in [0.15, 0.2) is 0 Å². The second-order valence-electron chi connectivity index (χ2n) is 6.88. The van der Waals surface area contributed by atoms with Gasteiger partial charge in [0.25, 0.3) is 0 Å². The highest BCUT2D eigenvalue weighted by Gasteiger charge is 2.28. The Morgan fingerprint density at radius 2 is 1.55 bits per heavy atom. The lowest BCUT2D eigenvalue weighted by Crippen LogP contribution is -2.26. The smallest absolute Gasteiger partial charge is 0.407 e. The number of hydrogen-bond acceptors (Lipinski definition) is 3. The zero-order valence-electron chi connectivity index (χ0n) is 16.0. The summed E-state index contributed by atoms with van der Waals surface area (Å²) in [6.45, 7) is 1.04. The van der Waals surface area contributed by atoms with Gasteiger partial charge < -0.3 is 15.8 Å². The van der Waals surface area contributed by atoms with E-state index in [1.165, 1.54) is 22.3 Å². The van der Waals surface area contributed by atoms with E-state index >= 15 is 0 Å². The molecule has 0 radical (unpaired) electrons. The number of rotatable bonds is 4. The SMILES string of the molecule is NCc1ccc(C#CCNC(=O)OCC2c3ccccc3-c3ccccc32)cc1. The Morgan fingerprint density at radius 3 is 2.17 bits per heavy atom. The summed E-state index contributed by atoms with van der Waals surface area (Å²) in [5, 5.41) is 2.69. The predicted octanol–water partition coefficient (Wildman–Crippen LogP) is 4.04. The van der Waals surface area contributed by atoms with Crippen LogP contribution in [0.25, 0.3) is 11.1 Å². The van der Waals surface area contributed by atoms with Crippen LogP contribution in [0.1, 0.15) is 28.2 Å². The lowest BCUT2D eigenvalue weighted by atomic mass is 9.98. The van der Waals surface area contributed by atoms with Crippen molar-refractivity contribution in [1.82, 2.24) is 5.32 Å². The van der Waals surface area contributed by atoms with Crippen molar-refractivity contribution in [3.05, 3.63) is 95.1 Å². The van der Waals surface area contributed by atoms with Crippen LogP contribution >= 0.6 is 0 Å². The van der Waals surface area contributed by atoms with Crippen molar-refractivity contribution in [3.63, 3.8) is 0 Å². The van der Waals surface area contributed by atoms with Crippen LogP contribution in [0.4, 0.5) is 4.79 Å². The first-order valence-corrected chi connectivity index (χ1v) is 9.63. The monoisotopic (exact) mass is 382 g/mol. The van der Waals surface area contributed by atoms with Crippen LogP contribution in [0, 0.1) is 11.8 Å². The average molecular weight is 382 g/mol. The quantitative estimate of drug-likeness (QED) is 0.670. The van der Waals surface area contributed by atoms with Crippen molar-refractivity contribution in [2.24, 2.45) is 5.73 Å². The molecular weight excluding hydrogens is 360 g/mol. The van der Waals surface area contributed by atoms with Crippen molar-refractivity contribution >= 4 is 6.09 Å². The van der Waals surface area contributed by atoms with Crippen LogP contribution in [0.15, 0.2) is 72.8 Å². The van der Waals surface area contributed by atoms with Crippen molar-refractivity contribution in [2.45, 2.75) is 12.5 Å². The number of hydrogen-bond donors (Lipinski definition) is 2. The number of nitrogens with two attached hydrogens (primary N) is 1. The van der Waals surface area contributed by atoms with E-state index in [0.717, 1.165) is 11.1 Å². The molecule has 0 unspecified atom stereocenters. The van der Waals surface area contributed by atoms with E-state index in [1.807, 2.05) is 48.5 Å². The molecule has 0 atom stereocenters. The molecule has 4 heteroatoms. The summed E-state index contributed by atoms with van der Waals surface area (Å²) in [5.74, 6) is 6.01. The summed E-state index contributed by atoms with van der Waals surface area (Å²) >= 11 is 0. The molecule has 0 saturated carbocycles. The maximum atomic E-state index is 12.1. The van der Waals surface area contributed by atoms with Crippen molar-refractivity contribution < 1.29 is 9.53 Å². The van der Waals surface area contributed by atoms with Crippen LogP contribution in [0.2, 0.25) is 0 Å². The second-order valence-corrected chi connectivity index (χ2v) is 6.88. The number of amides is 1. The third kappa shape index (κ3) is 4.16. The minimum Gasteiger partial charge on any atom is -0.449 e. The molecule has 144 valence electrons. The lowest BCUT2D eigenvalue weighted by Gasteiger charge is -2.14. The Morgan fingerprint density at radius 1 is 0.931 bits per heavy atom. The number of fused-ring (bicyclic) bond motifs is 3. The van der Waals surface area contributed by atoms with Gasteiger partial charge in [-0.25, -0.2) is 4.79 Å². The summed E-state index contributed by atoms with van der Waals surface area (Å²) in [6.07, 6.45) is -0.459. The molecule has 1 aliphatic rings. The van der Waals surface area contributed by atoms with Crippen molar-refractivity contribution in [2.75, 3.05) is 13.2 Å². The highest BCUT2D eigenvalue weighted by atomic mass is 16.5. The third-order valence-corrected chi connectivity index (χ3v) is 5.09. The largest absolute Gasteiger partial charge is 0.449 e. The topological polar surface area (TPSA) is 64.3 Å². The number of benzene rings is 3. The fourth-order valence-electron chi connectivity index (χ4n) is 3.64. The van der Waals surface area contributed by atoms with E-state index in [9.17, 15) is 4.79 Å². The number of carbonyl (C=O) groups excluding carboxylic acids is 1. The molecule has 1 aliphatic carbocycles. The van der Waals surface area contributed by atoms with Crippen LogP contribution in [-0.4, -0.2) is 19.2 Å². The van der Waals surface area contributed by atoms with E-state index in [2.05, 4.69) is 41.4 Å². The van der Waals surface area contributed by atoms with Crippen LogP contribution in [-0.2, 0) is 11.3 Å². The van der Waals surface area contributed by atoms with Gasteiger partial charge in [-0.15, -0.1) is 0 Å². The predicted molar refractivity (Wildman–Crippen MR) is 114 cm³/mol. The van der Waals surface area contributed by atoms with Crippen LogP contribution < -0.4 is 11.1 Å². The van der Waals surface area contributed by atoms with Gasteiger partial charge in [-0.2, -0.15) is 0 Å².